The minimum absolute atomic E-state index is 0.407. The number of rotatable bonds is 7. The van der Waals surface area contributed by atoms with E-state index >= 15 is 0 Å². The maximum Gasteiger partial charge on any atom is 0.304 e. The molecule has 0 saturated carbocycles. The lowest BCUT2D eigenvalue weighted by molar-refractivity contribution is -0.136. The van der Waals surface area contributed by atoms with Crippen LogP contribution in [0.15, 0.2) is 42.7 Å². The monoisotopic (exact) mass is 309 g/mol. The van der Waals surface area contributed by atoms with E-state index in [1.165, 1.54) is 0 Å². The van der Waals surface area contributed by atoms with Crippen molar-refractivity contribution in [1.29, 1.82) is 0 Å². The zero-order valence-electron chi connectivity index (χ0n) is 11.1. The predicted molar refractivity (Wildman–Crippen MR) is 77.4 cm³/mol. The van der Waals surface area contributed by atoms with Crippen molar-refractivity contribution in [2.45, 2.75) is 13.0 Å². The summed E-state index contributed by atoms with van der Waals surface area (Å²) in [6, 6.07) is 8.67. The van der Waals surface area contributed by atoms with Gasteiger partial charge < -0.3 is 5.11 Å². The van der Waals surface area contributed by atoms with Crippen LogP contribution in [0.4, 0.5) is 5.69 Å². The van der Waals surface area contributed by atoms with Crippen LogP contribution >= 0.6 is 0 Å². The number of carbonyl (C=O) groups is 1. The number of sulfonamides is 1. The Balaban J connectivity index is 1.97. The Bertz CT molecular complexity index is 694. The normalized spacial score (nSPS) is 11.2. The molecule has 8 heteroatoms. The molecule has 2 aromatic rings. The van der Waals surface area contributed by atoms with Crippen LogP contribution in [0, 0.1) is 0 Å². The number of carboxylic acid groups (broad SMARTS) is 1. The minimum Gasteiger partial charge on any atom is -0.481 e. The Morgan fingerprint density at radius 1 is 1.29 bits per heavy atom. The molecule has 112 valence electrons. The van der Waals surface area contributed by atoms with Gasteiger partial charge in [0.05, 0.1) is 18.7 Å². The SMILES string of the molecule is O=C(O)CCS(=O)(=O)Nc1ccc(Cn2cccn2)cc1. The summed E-state index contributed by atoms with van der Waals surface area (Å²) in [6.07, 6.45) is 3.10. The minimum atomic E-state index is -3.64. The van der Waals surface area contributed by atoms with Crippen molar-refractivity contribution >= 4 is 21.7 Å². The Labute approximate surface area is 122 Å². The van der Waals surface area contributed by atoms with Crippen LogP contribution in [-0.4, -0.2) is 35.0 Å². The zero-order chi connectivity index (χ0) is 15.3. The summed E-state index contributed by atoms with van der Waals surface area (Å²) < 4.78 is 27.4. The number of carboxylic acids is 1. The molecule has 1 aromatic carbocycles. The van der Waals surface area contributed by atoms with Gasteiger partial charge in [-0.15, -0.1) is 0 Å². The smallest absolute Gasteiger partial charge is 0.304 e. The van der Waals surface area contributed by atoms with E-state index in [1.807, 2.05) is 12.3 Å². The number of benzene rings is 1. The number of anilines is 1. The molecule has 2 rings (SSSR count). The van der Waals surface area contributed by atoms with Crippen LogP contribution in [0.5, 0.6) is 0 Å². The summed E-state index contributed by atoms with van der Waals surface area (Å²) in [6.45, 7) is 0.596. The van der Waals surface area contributed by atoms with Crippen LogP contribution in [0.1, 0.15) is 12.0 Å². The summed E-state index contributed by atoms with van der Waals surface area (Å²) in [5.74, 6) is -1.59. The number of aromatic nitrogens is 2. The molecule has 21 heavy (non-hydrogen) atoms. The third kappa shape index (κ3) is 4.92. The molecule has 0 aliphatic rings. The molecule has 1 heterocycles. The van der Waals surface area contributed by atoms with Crippen molar-refractivity contribution in [3.8, 4) is 0 Å². The Morgan fingerprint density at radius 3 is 2.57 bits per heavy atom. The maximum atomic E-state index is 11.7. The molecule has 0 amide bonds. The summed E-state index contributed by atoms with van der Waals surface area (Å²) in [5, 5.41) is 12.6. The van der Waals surface area contributed by atoms with E-state index in [1.54, 1.807) is 35.1 Å². The van der Waals surface area contributed by atoms with Crippen molar-refractivity contribution < 1.29 is 18.3 Å². The number of nitrogens with one attached hydrogen (secondary N) is 1. The van der Waals surface area contributed by atoms with Gasteiger partial charge in [0.15, 0.2) is 0 Å². The van der Waals surface area contributed by atoms with E-state index in [0.717, 1.165) is 5.56 Å². The van der Waals surface area contributed by atoms with Gasteiger partial charge in [0.2, 0.25) is 10.0 Å². The number of hydrogen-bond acceptors (Lipinski definition) is 4. The average molecular weight is 309 g/mol. The van der Waals surface area contributed by atoms with E-state index in [0.29, 0.717) is 12.2 Å². The zero-order valence-corrected chi connectivity index (χ0v) is 12.0. The van der Waals surface area contributed by atoms with Crippen LogP contribution in [0.2, 0.25) is 0 Å². The fourth-order valence-electron chi connectivity index (χ4n) is 1.71. The molecule has 0 aliphatic heterocycles. The molecule has 0 atom stereocenters. The fraction of sp³-hybridized carbons (Fsp3) is 0.231. The standard InChI is InChI=1S/C13H15N3O4S/c17-13(18)6-9-21(19,20)15-12-4-2-11(3-5-12)10-16-8-1-7-14-16/h1-5,7-8,15H,6,9-10H2,(H,17,18). The van der Waals surface area contributed by atoms with E-state index in [4.69, 9.17) is 5.11 Å². The first-order valence-corrected chi connectivity index (χ1v) is 7.88. The van der Waals surface area contributed by atoms with Gasteiger partial charge in [0, 0.05) is 18.1 Å². The molecule has 0 radical (unpaired) electrons. The molecule has 1 aromatic heterocycles. The van der Waals surface area contributed by atoms with Gasteiger partial charge in [0.1, 0.15) is 0 Å². The molecular formula is C13H15N3O4S. The average Bonchev–Trinajstić information content (AvgIpc) is 2.92. The molecule has 0 aliphatic carbocycles. The lowest BCUT2D eigenvalue weighted by atomic mass is 10.2. The quantitative estimate of drug-likeness (QED) is 0.799. The molecular weight excluding hydrogens is 294 g/mol. The molecule has 0 unspecified atom stereocenters. The van der Waals surface area contributed by atoms with Crippen LogP contribution < -0.4 is 4.72 Å². The first-order chi connectivity index (χ1) is 9.94. The van der Waals surface area contributed by atoms with Gasteiger partial charge in [-0.25, -0.2) is 8.42 Å². The molecule has 0 bridgehead atoms. The van der Waals surface area contributed by atoms with Crippen molar-refractivity contribution in [3.05, 3.63) is 48.3 Å². The third-order valence-electron chi connectivity index (χ3n) is 2.72. The van der Waals surface area contributed by atoms with Crippen molar-refractivity contribution in [2.75, 3.05) is 10.5 Å². The van der Waals surface area contributed by atoms with Gasteiger partial charge in [-0.2, -0.15) is 5.10 Å². The van der Waals surface area contributed by atoms with Gasteiger partial charge in [-0.3, -0.25) is 14.2 Å². The topological polar surface area (TPSA) is 101 Å². The molecule has 7 nitrogen and oxygen atoms in total. The first-order valence-electron chi connectivity index (χ1n) is 6.23. The highest BCUT2D eigenvalue weighted by Crippen LogP contribution is 2.12. The first kappa shape index (κ1) is 15.0. The van der Waals surface area contributed by atoms with E-state index in [9.17, 15) is 13.2 Å². The number of aliphatic carboxylic acids is 1. The van der Waals surface area contributed by atoms with Crippen molar-refractivity contribution in [2.24, 2.45) is 0 Å². The van der Waals surface area contributed by atoms with Crippen LogP contribution in [0.25, 0.3) is 0 Å². The second-order valence-corrected chi connectivity index (χ2v) is 6.31. The number of nitrogens with zero attached hydrogens (tertiary/aromatic N) is 2. The lowest BCUT2D eigenvalue weighted by Gasteiger charge is -2.08. The van der Waals surface area contributed by atoms with Crippen LogP contribution in [-0.2, 0) is 21.4 Å². The maximum absolute atomic E-state index is 11.7. The highest BCUT2D eigenvalue weighted by molar-refractivity contribution is 7.92. The number of hydrogen-bond donors (Lipinski definition) is 2. The molecule has 0 spiro atoms. The van der Waals surface area contributed by atoms with Crippen molar-refractivity contribution in [3.63, 3.8) is 0 Å². The van der Waals surface area contributed by atoms with E-state index < -0.39 is 28.2 Å². The summed E-state index contributed by atoms with van der Waals surface area (Å²) >= 11 is 0. The Morgan fingerprint density at radius 2 is 2.00 bits per heavy atom. The Hall–Kier alpha value is -2.35. The highest BCUT2D eigenvalue weighted by Gasteiger charge is 2.12. The third-order valence-corrected chi connectivity index (χ3v) is 4.00. The van der Waals surface area contributed by atoms with E-state index in [-0.39, 0.29) is 0 Å². The van der Waals surface area contributed by atoms with Gasteiger partial charge in [-0.05, 0) is 23.8 Å². The Kier molecular flexibility index (Phi) is 4.59. The second-order valence-electron chi connectivity index (χ2n) is 4.47. The molecule has 2 N–H and O–H groups in total. The largest absolute Gasteiger partial charge is 0.481 e. The highest BCUT2D eigenvalue weighted by atomic mass is 32.2. The van der Waals surface area contributed by atoms with Gasteiger partial charge in [-0.1, -0.05) is 12.1 Å². The van der Waals surface area contributed by atoms with Gasteiger partial charge >= 0.3 is 5.97 Å². The van der Waals surface area contributed by atoms with Gasteiger partial charge in [0.25, 0.3) is 0 Å². The molecule has 0 fully saturated rings. The lowest BCUT2D eigenvalue weighted by Crippen LogP contribution is -2.18. The summed E-state index contributed by atoms with van der Waals surface area (Å²) in [4.78, 5) is 10.4. The van der Waals surface area contributed by atoms with Crippen LogP contribution in [0.3, 0.4) is 0 Å². The predicted octanol–water partition coefficient (Wildman–Crippen LogP) is 1.15. The van der Waals surface area contributed by atoms with Crippen molar-refractivity contribution in [1.82, 2.24) is 9.78 Å². The molecule has 0 saturated heterocycles. The summed E-state index contributed by atoms with van der Waals surface area (Å²) in [7, 11) is -3.64. The van der Waals surface area contributed by atoms with E-state index in [2.05, 4.69) is 9.82 Å². The second kappa shape index (κ2) is 6.40. The summed E-state index contributed by atoms with van der Waals surface area (Å²) in [5.41, 5.74) is 1.39. The fourth-order valence-corrected chi connectivity index (χ4v) is 2.75.